The smallest absolute Gasteiger partial charge is 0.132 e. The number of rotatable bonds is 3. The van der Waals surface area contributed by atoms with Gasteiger partial charge in [-0.1, -0.05) is 12.5 Å². The van der Waals surface area contributed by atoms with Gasteiger partial charge in [0.2, 0.25) is 0 Å². The minimum atomic E-state index is -0.149. The number of nitrogens with one attached hydrogen (secondary N) is 2. The van der Waals surface area contributed by atoms with Crippen molar-refractivity contribution in [2.45, 2.75) is 31.8 Å². The van der Waals surface area contributed by atoms with Crippen molar-refractivity contribution >= 4 is 10.9 Å². The molecule has 84 valence electrons. The van der Waals surface area contributed by atoms with Crippen LogP contribution in [0.25, 0.3) is 10.9 Å². The molecule has 1 aromatic heterocycles. The third-order valence-corrected chi connectivity index (χ3v) is 3.35. The van der Waals surface area contributed by atoms with Gasteiger partial charge in [0, 0.05) is 29.2 Å². The van der Waals surface area contributed by atoms with Gasteiger partial charge in [0.05, 0.1) is 0 Å². The molecule has 1 aromatic carbocycles. The van der Waals surface area contributed by atoms with Crippen LogP contribution in [0.3, 0.4) is 0 Å². The van der Waals surface area contributed by atoms with Crippen LogP contribution in [0, 0.1) is 5.82 Å². The highest BCUT2D eigenvalue weighted by molar-refractivity contribution is 5.80. The first-order chi connectivity index (χ1) is 7.83. The van der Waals surface area contributed by atoms with Crippen LogP contribution in [0.5, 0.6) is 0 Å². The summed E-state index contributed by atoms with van der Waals surface area (Å²) in [5.74, 6) is -0.149. The zero-order chi connectivity index (χ0) is 11.0. The zero-order valence-corrected chi connectivity index (χ0v) is 9.09. The maximum absolute atomic E-state index is 13.4. The normalized spacial score (nSPS) is 16.6. The van der Waals surface area contributed by atoms with E-state index in [0.717, 1.165) is 17.8 Å². The summed E-state index contributed by atoms with van der Waals surface area (Å²) >= 11 is 0. The number of hydrogen-bond acceptors (Lipinski definition) is 1. The molecule has 1 saturated carbocycles. The lowest BCUT2D eigenvalue weighted by Gasteiger charge is -2.26. The summed E-state index contributed by atoms with van der Waals surface area (Å²) in [6.45, 7) is 0.804. The standard InChI is InChI=1S/C13H15FN2/c14-12-5-2-6-13-11(12)7-10(16-13)8-15-9-3-1-4-9/h2,5-7,9,15-16H,1,3-4,8H2. The summed E-state index contributed by atoms with van der Waals surface area (Å²) in [5, 5.41) is 4.15. The fourth-order valence-corrected chi connectivity index (χ4v) is 2.14. The molecule has 1 fully saturated rings. The Morgan fingerprint density at radius 1 is 1.38 bits per heavy atom. The van der Waals surface area contributed by atoms with Crippen LogP contribution < -0.4 is 5.32 Å². The van der Waals surface area contributed by atoms with Crippen LogP contribution in [0.1, 0.15) is 25.0 Å². The molecule has 16 heavy (non-hydrogen) atoms. The quantitative estimate of drug-likeness (QED) is 0.814. The number of H-pyrrole nitrogens is 1. The molecule has 1 heterocycles. The molecule has 1 aliphatic carbocycles. The average Bonchev–Trinajstić information content (AvgIpc) is 2.60. The monoisotopic (exact) mass is 218 g/mol. The van der Waals surface area contributed by atoms with Gasteiger partial charge in [-0.2, -0.15) is 0 Å². The SMILES string of the molecule is Fc1cccc2[nH]c(CNC3CCC3)cc12. The fourth-order valence-electron chi connectivity index (χ4n) is 2.14. The third-order valence-electron chi connectivity index (χ3n) is 3.35. The molecule has 0 bridgehead atoms. The van der Waals surface area contributed by atoms with E-state index < -0.39 is 0 Å². The van der Waals surface area contributed by atoms with Crippen molar-refractivity contribution < 1.29 is 4.39 Å². The highest BCUT2D eigenvalue weighted by Gasteiger charge is 2.16. The molecule has 2 aromatic rings. The number of fused-ring (bicyclic) bond motifs is 1. The molecule has 2 nitrogen and oxygen atoms in total. The Bertz CT molecular complexity index is 500. The Hall–Kier alpha value is -1.35. The van der Waals surface area contributed by atoms with Crippen LogP contribution >= 0.6 is 0 Å². The summed E-state index contributed by atoms with van der Waals surface area (Å²) in [7, 11) is 0. The van der Waals surface area contributed by atoms with Gasteiger partial charge in [-0.15, -0.1) is 0 Å². The van der Waals surface area contributed by atoms with E-state index in [9.17, 15) is 4.39 Å². The lowest BCUT2D eigenvalue weighted by atomic mass is 9.93. The molecule has 3 rings (SSSR count). The van der Waals surface area contributed by atoms with Crippen LogP contribution in [0.15, 0.2) is 24.3 Å². The first kappa shape index (κ1) is 9.85. The van der Waals surface area contributed by atoms with Gasteiger partial charge in [0.25, 0.3) is 0 Å². The molecule has 0 atom stereocenters. The van der Waals surface area contributed by atoms with E-state index in [0.29, 0.717) is 11.4 Å². The second-order valence-corrected chi connectivity index (χ2v) is 4.50. The second kappa shape index (κ2) is 3.91. The molecule has 0 unspecified atom stereocenters. The lowest BCUT2D eigenvalue weighted by molar-refractivity contribution is 0.337. The largest absolute Gasteiger partial charge is 0.357 e. The first-order valence-electron chi connectivity index (χ1n) is 5.82. The Morgan fingerprint density at radius 2 is 2.25 bits per heavy atom. The summed E-state index contributed by atoms with van der Waals surface area (Å²) in [6.07, 6.45) is 3.88. The Balaban J connectivity index is 1.79. The van der Waals surface area contributed by atoms with Gasteiger partial charge in [-0.05, 0) is 31.0 Å². The molecule has 3 heteroatoms. The van der Waals surface area contributed by atoms with Gasteiger partial charge in [0.1, 0.15) is 5.82 Å². The predicted octanol–water partition coefficient (Wildman–Crippen LogP) is 2.95. The number of hydrogen-bond donors (Lipinski definition) is 2. The van der Waals surface area contributed by atoms with Crippen LogP contribution in [-0.2, 0) is 6.54 Å². The summed E-state index contributed by atoms with van der Waals surface area (Å²) < 4.78 is 13.4. The molecular formula is C13H15FN2. The van der Waals surface area contributed by atoms with Crippen molar-refractivity contribution in [3.8, 4) is 0 Å². The van der Waals surface area contributed by atoms with Gasteiger partial charge < -0.3 is 10.3 Å². The first-order valence-corrected chi connectivity index (χ1v) is 5.82. The van der Waals surface area contributed by atoms with Gasteiger partial charge in [0.15, 0.2) is 0 Å². The van der Waals surface area contributed by atoms with Gasteiger partial charge in [-0.3, -0.25) is 0 Å². The fraction of sp³-hybridized carbons (Fsp3) is 0.385. The van der Waals surface area contributed by atoms with Crippen molar-refractivity contribution in [3.63, 3.8) is 0 Å². The minimum Gasteiger partial charge on any atom is -0.357 e. The van der Waals surface area contributed by atoms with Gasteiger partial charge in [-0.25, -0.2) is 4.39 Å². The minimum absolute atomic E-state index is 0.149. The molecule has 0 spiro atoms. The summed E-state index contributed by atoms with van der Waals surface area (Å²) in [4.78, 5) is 3.24. The molecule has 1 aliphatic rings. The summed E-state index contributed by atoms with van der Waals surface area (Å²) in [5.41, 5.74) is 1.94. The number of halogens is 1. The van der Waals surface area contributed by atoms with Crippen molar-refractivity contribution in [1.82, 2.24) is 10.3 Å². The maximum Gasteiger partial charge on any atom is 0.132 e. The van der Waals surface area contributed by atoms with E-state index in [1.807, 2.05) is 12.1 Å². The number of aromatic amines is 1. The van der Waals surface area contributed by atoms with Crippen molar-refractivity contribution in [3.05, 3.63) is 35.8 Å². The third kappa shape index (κ3) is 1.71. The van der Waals surface area contributed by atoms with Crippen molar-refractivity contribution in [1.29, 1.82) is 0 Å². The average molecular weight is 218 g/mol. The van der Waals surface area contributed by atoms with E-state index in [1.54, 1.807) is 6.07 Å². The Morgan fingerprint density at radius 3 is 2.94 bits per heavy atom. The Labute approximate surface area is 93.9 Å². The maximum atomic E-state index is 13.4. The van der Waals surface area contributed by atoms with Gasteiger partial charge >= 0.3 is 0 Å². The topological polar surface area (TPSA) is 27.8 Å². The van der Waals surface area contributed by atoms with E-state index in [4.69, 9.17) is 0 Å². The van der Waals surface area contributed by atoms with Crippen LogP contribution in [-0.4, -0.2) is 11.0 Å². The van der Waals surface area contributed by atoms with Crippen molar-refractivity contribution in [2.24, 2.45) is 0 Å². The lowest BCUT2D eigenvalue weighted by Crippen LogP contribution is -2.34. The van der Waals surface area contributed by atoms with Crippen LogP contribution in [0.2, 0.25) is 0 Å². The Kier molecular flexibility index (Phi) is 2.40. The molecule has 2 N–H and O–H groups in total. The molecule has 0 radical (unpaired) electrons. The van der Waals surface area contributed by atoms with E-state index in [2.05, 4.69) is 10.3 Å². The molecule has 0 aliphatic heterocycles. The van der Waals surface area contributed by atoms with Crippen LogP contribution in [0.4, 0.5) is 4.39 Å². The molecule has 0 saturated heterocycles. The second-order valence-electron chi connectivity index (χ2n) is 4.50. The molecule has 0 amide bonds. The number of aromatic nitrogens is 1. The molecular weight excluding hydrogens is 203 g/mol. The highest BCUT2D eigenvalue weighted by Crippen LogP contribution is 2.21. The summed E-state index contributed by atoms with van der Waals surface area (Å²) in [6, 6.07) is 7.70. The zero-order valence-electron chi connectivity index (χ0n) is 9.09. The highest BCUT2D eigenvalue weighted by atomic mass is 19.1. The predicted molar refractivity (Wildman–Crippen MR) is 62.7 cm³/mol. The number of benzene rings is 1. The van der Waals surface area contributed by atoms with E-state index >= 15 is 0 Å². The van der Waals surface area contributed by atoms with E-state index in [-0.39, 0.29) is 5.82 Å². The van der Waals surface area contributed by atoms with E-state index in [1.165, 1.54) is 25.3 Å². The van der Waals surface area contributed by atoms with Crippen molar-refractivity contribution in [2.75, 3.05) is 0 Å².